The average Bonchev–Trinajstić information content (AvgIpc) is 2.74. The zero-order valence-corrected chi connectivity index (χ0v) is 9.15. The molecule has 2 aromatic heterocycles. The van der Waals surface area contributed by atoms with E-state index in [1.165, 1.54) is 10.4 Å². The summed E-state index contributed by atoms with van der Waals surface area (Å²) in [6.07, 6.45) is 0. The zero-order chi connectivity index (χ0) is 9.97. The molecule has 1 N–H and O–H groups in total. The molecule has 0 saturated heterocycles. The van der Waals surface area contributed by atoms with E-state index in [-0.39, 0.29) is 0 Å². The lowest BCUT2D eigenvalue weighted by Gasteiger charge is -1.95. The molecule has 0 aromatic carbocycles. The van der Waals surface area contributed by atoms with Crippen LogP contribution in [0.15, 0.2) is 28.0 Å². The molecule has 74 valence electrons. The van der Waals surface area contributed by atoms with Gasteiger partial charge in [0, 0.05) is 10.4 Å². The van der Waals surface area contributed by atoms with Crippen molar-refractivity contribution >= 4 is 11.3 Å². The van der Waals surface area contributed by atoms with Crippen molar-refractivity contribution in [3.63, 3.8) is 0 Å². The summed E-state index contributed by atoms with van der Waals surface area (Å²) < 4.78 is 5.69. The van der Waals surface area contributed by atoms with Gasteiger partial charge in [0.25, 0.3) is 0 Å². The van der Waals surface area contributed by atoms with Gasteiger partial charge in [0.05, 0.1) is 6.54 Å². The van der Waals surface area contributed by atoms with E-state index >= 15 is 0 Å². The number of aryl methyl sites for hydroxylation is 1. The third-order valence-corrected chi connectivity index (χ3v) is 2.98. The van der Waals surface area contributed by atoms with Crippen molar-refractivity contribution in [3.8, 4) is 11.3 Å². The zero-order valence-electron chi connectivity index (χ0n) is 8.33. The first-order valence-electron chi connectivity index (χ1n) is 4.59. The van der Waals surface area contributed by atoms with Crippen LogP contribution in [-0.2, 0) is 6.54 Å². The van der Waals surface area contributed by atoms with Gasteiger partial charge in [-0.2, -0.15) is 0 Å². The highest BCUT2D eigenvalue weighted by atomic mass is 32.1. The summed E-state index contributed by atoms with van der Waals surface area (Å²) in [5.41, 5.74) is 1.21. The van der Waals surface area contributed by atoms with E-state index < -0.39 is 0 Å². The lowest BCUT2D eigenvalue weighted by molar-refractivity contribution is 0.507. The summed E-state index contributed by atoms with van der Waals surface area (Å²) in [5, 5.41) is 5.15. The van der Waals surface area contributed by atoms with Gasteiger partial charge in [-0.15, -0.1) is 11.3 Å². The molecule has 2 heterocycles. The third kappa shape index (κ3) is 1.74. The third-order valence-electron chi connectivity index (χ3n) is 2.14. The number of thiophene rings is 1. The Morgan fingerprint density at radius 2 is 2.21 bits per heavy atom. The standard InChI is InChI=1S/C11H13NOS/c1-8-10(5-6-14-8)11-4-3-9(13-11)7-12-2/h3-6,12H,7H2,1-2H3. The molecule has 2 aromatic rings. The van der Waals surface area contributed by atoms with E-state index in [1.807, 2.05) is 19.2 Å². The van der Waals surface area contributed by atoms with Crippen molar-refractivity contribution in [1.29, 1.82) is 0 Å². The summed E-state index contributed by atoms with van der Waals surface area (Å²) in [5.74, 6) is 1.95. The highest BCUT2D eigenvalue weighted by molar-refractivity contribution is 7.10. The van der Waals surface area contributed by atoms with E-state index in [2.05, 4.69) is 23.7 Å². The van der Waals surface area contributed by atoms with Gasteiger partial charge in [0.2, 0.25) is 0 Å². The molecule has 14 heavy (non-hydrogen) atoms. The van der Waals surface area contributed by atoms with Gasteiger partial charge in [0.15, 0.2) is 0 Å². The van der Waals surface area contributed by atoms with Crippen LogP contribution in [0.2, 0.25) is 0 Å². The average molecular weight is 207 g/mol. The van der Waals surface area contributed by atoms with Crippen LogP contribution in [0.25, 0.3) is 11.3 Å². The van der Waals surface area contributed by atoms with Crippen molar-refractivity contribution in [2.24, 2.45) is 0 Å². The van der Waals surface area contributed by atoms with Gasteiger partial charge >= 0.3 is 0 Å². The van der Waals surface area contributed by atoms with Gasteiger partial charge in [0.1, 0.15) is 11.5 Å². The van der Waals surface area contributed by atoms with Crippen molar-refractivity contribution in [2.45, 2.75) is 13.5 Å². The number of nitrogens with one attached hydrogen (secondary N) is 1. The van der Waals surface area contributed by atoms with Crippen molar-refractivity contribution in [3.05, 3.63) is 34.2 Å². The molecule has 0 spiro atoms. The molecule has 0 aliphatic carbocycles. The van der Waals surface area contributed by atoms with Gasteiger partial charge in [-0.3, -0.25) is 0 Å². The molecule has 2 nitrogen and oxygen atoms in total. The Hall–Kier alpha value is -1.06. The van der Waals surface area contributed by atoms with E-state index in [1.54, 1.807) is 11.3 Å². The van der Waals surface area contributed by atoms with Gasteiger partial charge in [-0.05, 0) is 37.6 Å². The fraction of sp³-hybridized carbons (Fsp3) is 0.273. The molecule has 0 atom stereocenters. The summed E-state index contributed by atoms with van der Waals surface area (Å²) in [6, 6.07) is 6.15. The number of hydrogen-bond acceptors (Lipinski definition) is 3. The van der Waals surface area contributed by atoms with Crippen LogP contribution < -0.4 is 5.32 Å². The maximum atomic E-state index is 5.69. The molecule has 0 fully saturated rings. The maximum absolute atomic E-state index is 5.69. The van der Waals surface area contributed by atoms with Gasteiger partial charge in [-0.1, -0.05) is 0 Å². The largest absolute Gasteiger partial charge is 0.460 e. The normalized spacial score (nSPS) is 10.7. The predicted octanol–water partition coefficient (Wildman–Crippen LogP) is 3.04. The molecule has 2 rings (SSSR count). The number of hydrogen-bond donors (Lipinski definition) is 1. The van der Waals surface area contributed by atoms with E-state index in [9.17, 15) is 0 Å². The summed E-state index contributed by atoms with van der Waals surface area (Å²) in [4.78, 5) is 1.30. The minimum Gasteiger partial charge on any atom is -0.460 e. The maximum Gasteiger partial charge on any atom is 0.135 e. The molecular weight excluding hydrogens is 194 g/mol. The number of rotatable bonds is 3. The highest BCUT2D eigenvalue weighted by Gasteiger charge is 2.07. The lowest BCUT2D eigenvalue weighted by Crippen LogP contribution is -2.03. The van der Waals surface area contributed by atoms with Crippen LogP contribution >= 0.6 is 11.3 Å². The Balaban J connectivity index is 2.29. The Kier molecular flexibility index (Phi) is 2.70. The predicted molar refractivity (Wildman–Crippen MR) is 59.5 cm³/mol. The highest BCUT2D eigenvalue weighted by Crippen LogP contribution is 2.28. The topological polar surface area (TPSA) is 25.2 Å². The van der Waals surface area contributed by atoms with Crippen LogP contribution in [-0.4, -0.2) is 7.05 Å². The van der Waals surface area contributed by atoms with Crippen molar-refractivity contribution in [2.75, 3.05) is 7.05 Å². The van der Waals surface area contributed by atoms with E-state index in [0.29, 0.717) is 0 Å². The second kappa shape index (κ2) is 3.98. The first kappa shape index (κ1) is 9.49. The summed E-state index contributed by atoms with van der Waals surface area (Å²) in [6.45, 7) is 2.89. The molecule has 0 bridgehead atoms. The smallest absolute Gasteiger partial charge is 0.135 e. The summed E-state index contributed by atoms with van der Waals surface area (Å²) in [7, 11) is 1.91. The minimum atomic E-state index is 0.781. The van der Waals surface area contributed by atoms with E-state index in [0.717, 1.165) is 18.1 Å². The second-order valence-electron chi connectivity index (χ2n) is 3.19. The SMILES string of the molecule is CNCc1ccc(-c2ccsc2C)o1. The van der Waals surface area contributed by atoms with Crippen LogP contribution in [0.1, 0.15) is 10.6 Å². The van der Waals surface area contributed by atoms with Crippen LogP contribution in [0, 0.1) is 6.92 Å². The van der Waals surface area contributed by atoms with Gasteiger partial charge < -0.3 is 9.73 Å². The molecule has 0 aliphatic rings. The lowest BCUT2D eigenvalue weighted by atomic mass is 10.2. The monoisotopic (exact) mass is 207 g/mol. The molecular formula is C11H13NOS. The Morgan fingerprint density at radius 1 is 1.36 bits per heavy atom. The van der Waals surface area contributed by atoms with Gasteiger partial charge in [-0.25, -0.2) is 0 Å². The Labute approximate surface area is 87.6 Å². The molecule has 3 heteroatoms. The first-order valence-corrected chi connectivity index (χ1v) is 5.47. The fourth-order valence-electron chi connectivity index (χ4n) is 1.43. The van der Waals surface area contributed by atoms with Crippen molar-refractivity contribution < 1.29 is 4.42 Å². The van der Waals surface area contributed by atoms with Crippen LogP contribution in [0.4, 0.5) is 0 Å². The fourth-order valence-corrected chi connectivity index (χ4v) is 2.14. The molecule has 0 amide bonds. The first-order chi connectivity index (χ1) is 6.81. The molecule has 0 unspecified atom stereocenters. The number of furan rings is 1. The quantitative estimate of drug-likeness (QED) is 0.837. The minimum absolute atomic E-state index is 0.781. The second-order valence-corrected chi connectivity index (χ2v) is 4.31. The van der Waals surface area contributed by atoms with Crippen LogP contribution in [0.5, 0.6) is 0 Å². The summed E-state index contributed by atoms with van der Waals surface area (Å²) >= 11 is 1.75. The molecule has 0 saturated carbocycles. The Morgan fingerprint density at radius 3 is 2.86 bits per heavy atom. The van der Waals surface area contributed by atoms with Crippen LogP contribution in [0.3, 0.4) is 0 Å². The Bertz CT molecular complexity index is 416. The van der Waals surface area contributed by atoms with Crippen molar-refractivity contribution in [1.82, 2.24) is 5.32 Å². The molecule has 0 radical (unpaired) electrons. The van der Waals surface area contributed by atoms with E-state index in [4.69, 9.17) is 4.42 Å². The molecule has 0 aliphatic heterocycles.